The summed E-state index contributed by atoms with van der Waals surface area (Å²) in [5, 5.41) is 4.66. The van der Waals surface area contributed by atoms with E-state index >= 15 is 0 Å². The summed E-state index contributed by atoms with van der Waals surface area (Å²) in [4.78, 5) is 12.0. The molecule has 0 spiro atoms. The molecule has 0 atom stereocenters. The fraction of sp³-hybridized carbons (Fsp3) is 0.375. The number of hydrazone groups is 1. The largest absolute Gasteiger partial charge is 0.272 e. The van der Waals surface area contributed by atoms with Gasteiger partial charge in [-0.1, -0.05) is 43.2 Å². The number of carbonyl (C=O) groups excluding carboxylic acids is 1. The third-order valence-electron chi connectivity index (χ3n) is 3.25. The van der Waals surface area contributed by atoms with Crippen LogP contribution < -0.4 is 5.43 Å². The first-order valence-electron chi connectivity index (χ1n) is 6.66. The molecule has 2 rings (SSSR count). The molecule has 1 N–H and O–H groups in total. The maximum Gasteiger partial charge on any atom is 0.272 e. The summed E-state index contributed by atoms with van der Waals surface area (Å²) in [5.41, 5.74) is 5.40. The summed E-state index contributed by atoms with van der Waals surface area (Å²) in [6.07, 6.45) is 3.95. The second-order valence-electron chi connectivity index (χ2n) is 6.03. The van der Waals surface area contributed by atoms with Gasteiger partial charge in [0, 0.05) is 0 Å². The van der Waals surface area contributed by atoms with Crippen LogP contribution >= 0.6 is 11.6 Å². The fourth-order valence-electron chi connectivity index (χ4n) is 2.59. The van der Waals surface area contributed by atoms with Gasteiger partial charge in [0.1, 0.15) is 0 Å². The van der Waals surface area contributed by atoms with Crippen molar-refractivity contribution in [1.82, 2.24) is 5.43 Å². The predicted octanol–water partition coefficient (Wildman–Crippen LogP) is 4.19. The van der Waals surface area contributed by atoms with Crippen LogP contribution in [0, 0.1) is 5.41 Å². The molecule has 0 aliphatic heterocycles. The topological polar surface area (TPSA) is 41.5 Å². The van der Waals surface area contributed by atoms with Gasteiger partial charge in [-0.3, -0.25) is 4.79 Å². The molecule has 106 valence electrons. The zero-order valence-electron chi connectivity index (χ0n) is 12.0. The highest BCUT2D eigenvalue weighted by molar-refractivity contribution is 6.33. The number of nitrogens with zero attached hydrogens (tertiary/aromatic N) is 1. The minimum Gasteiger partial charge on any atom is -0.267 e. The third kappa shape index (κ3) is 3.70. The Morgan fingerprint density at radius 3 is 2.65 bits per heavy atom. The summed E-state index contributed by atoms with van der Waals surface area (Å²) in [6.45, 7) is 6.50. The van der Waals surface area contributed by atoms with E-state index in [9.17, 15) is 4.79 Å². The predicted molar refractivity (Wildman–Crippen MR) is 83.1 cm³/mol. The van der Waals surface area contributed by atoms with E-state index in [4.69, 9.17) is 11.6 Å². The van der Waals surface area contributed by atoms with Crippen LogP contribution in [0.4, 0.5) is 0 Å². The normalized spacial score (nSPS) is 19.6. The molecule has 3 nitrogen and oxygen atoms in total. The van der Waals surface area contributed by atoms with E-state index in [2.05, 4.69) is 31.3 Å². The molecule has 0 aromatic heterocycles. The second-order valence-corrected chi connectivity index (χ2v) is 6.44. The van der Waals surface area contributed by atoms with Crippen molar-refractivity contribution in [2.45, 2.75) is 33.6 Å². The smallest absolute Gasteiger partial charge is 0.267 e. The zero-order chi connectivity index (χ0) is 14.8. The average molecular weight is 291 g/mol. The average Bonchev–Trinajstić information content (AvgIpc) is 2.34. The number of carbonyl (C=O) groups is 1. The Morgan fingerprint density at radius 1 is 1.30 bits per heavy atom. The molecule has 0 saturated carbocycles. The number of rotatable bonds is 2. The Balaban J connectivity index is 2.12. The van der Waals surface area contributed by atoms with E-state index in [0.29, 0.717) is 10.6 Å². The van der Waals surface area contributed by atoms with E-state index in [1.165, 1.54) is 5.57 Å². The van der Waals surface area contributed by atoms with Crippen molar-refractivity contribution in [2.75, 3.05) is 0 Å². The summed E-state index contributed by atoms with van der Waals surface area (Å²) in [5.74, 6) is -0.280. The zero-order valence-corrected chi connectivity index (χ0v) is 12.8. The van der Waals surface area contributed by atoms with Gasteiger partial charge in [-0.15, -0.1) is 0 Å². The molecule has 0 bridgehead atoms. The Kier molecular flexibility index (Phi) is 4.29. The molecule has 0 radical (unpaired) electrons. The lowest BCUT2D eigenvalue weighted by atomic mass is 9.77. The van der Waals surface area contributed by atoms with Gasteiger partial charge >= 0.3 is 0 Å². The fourth-order valence-corrected chi connectivity index (χ4v) is 2.82. The van der Waals surface area contributed by atoms with Gasteiger partial charge in [0.05, 0.1) is 16.3 Å². The molecule has 0 fully saturated rings. The van der Waals surface area contributed by atoms with E-state index in [0.717, 1.165) is 18.6 Å². The van der Waals surface area contributed by atoms with Crippen LogP contribution in [0.25, 0.3) is 0 Å². The number of hydrogen-bond acceptors (Lipinski definition) is 2. The van der Waals surface area contributed by atoms with Gasteiger partial charge in [0.2, 0.25) is 0 Å². The van der Waals surface area contributed by atoms with Crippen molar-refractivity contribution in [2.24, 2.45) is 10.5 Å². The van der Waals surface area contributed by atoms with Gasteiger partial charge in [0.15, 0.2) is 0 Å². The van der Waals surface area contributed by atoms with Gasteiger partial charge < -0.3 is 0 Å². The minimum atomic E-state index is -0.280. The monoisotopic (exact) mass is 290 g/mol. The number of benzene rings is 1. The molecular weight excluding hydrogens is 272 g/mol. The van der Waals surface area contributed by atoms with Gasteiger partial charge in [0.25, 0.3) is 5.91 Å². The number of nitrogens with one attached hydrogen (secondary N) is 1. The number of allylic oxidation sites excluding steroid dienone is 2. The molecule has 1 aromatic rings. The highest BCUT2D eigenvalue weighted by Gasteiger charge is 2.24. The number of amides is 1. The number of hydrogen-bond donors (Lipinski definition) is 1. The Hall–Kier alpha value is -1.61. The summed E-state index contributed by atoms with van der Waals surface area (Å²) in [7, 11) is 0. The van der Waals surface area contributed by atoms with Crippen LogP contribution in [0.3, 0.4) is 0 Å². The Morgan fingerprint density at radius 2 is 2.00 bits per heavy atom. The minimum absolute atomic E-state index is 0.187. The van der Waals surface area contributed by atoms with Gasteiger partial charge in [-0.05, 0) is 43.4 Å². The lowest BCUT2D eigenvalue weighted by molar-refractivity contribution is 0.0954. The molecule has 1 aliphatic rings. The molecule has 20 heavy (non-hydrogen) atoms. The molecule has 1 aliphatic carbocycles. The van der Waals surface area contributed by atoms with Crippen LogP contribution in [-0.4, -0.2) is 11.6 Å². The maximum atomic E-state index is 12.0. The van der Waals surface area contributed by atoms with Crippen molar-refractivity contribution in [3.63, 3.8) is 0 Å². The lowest BCUT2D eigenvalue weighted by Crippen LogP contribution is -2.25. The molecule has 0 heterocycles. The van der Waals surface area contributed by atoms with Crippen molar-refractivity contribution in [1.29, 1.82) is 0 Å². The molecule has 0 saturated heterocycles. The summed E-state index contributed by atoms with van der Waals surface area (Å²) >= 11 is 5.99. The van der Waals surface area contributed by atoms with Crippen molar-refractivity contribution in [3.05, 3.63) is 46.5 Å². The SMILES string of the molecule is CC1=C/C(=N\NC(=O)c2ccccc2Cl)CC(C)(C)C1. The first-order valence-corrected chi connectivity index (χ1v) is 7.04. The second kappa shape index (κ2) is 5.80. The van der Waals surface area contributed by atoms with Crippen LogP contribution in [-0.2, 0) is 0 Å². The van der Waals surface area contributed by atoms with Crippen molar-refractivity contribution in [3.8, 4) is 0 Å². The third-order valence-corrected chi connectivity index (χ3v) is 3.58. The highest BCUT2D eigenvalue weighted by atomic mass is 35.5. The van der Waals surface area contributed by atoms with Crippen LogP contribution in [0.5, 0.6) is 0 Å². The lowest BCUT2D eigenvalue weighted by Gasteiger charge is -2.29. The molecule has 1 aromatic carbocycles. The van der Waals surface area contributed by atoms with Crippen LogP contribution in [0.1, 0.15) is 44.0 Å². The first-order chi connectivity index (χ1) is 9.37. The van der Waals surface area contributed by atoms with Gasteiger partial charge in [-0.25, -0.2) is 5.43 Å². The van der Waals surface area contributed by atoms with E-state index < -0.39 is 0 Å². The highest BCUT2D eigenvalue weighted by Crippen LogP contribution is 2.33. The maximum absolute atomic E-state index is 12.0. The van der Waals surface area contributed by atoms with E-state index in [1.807, 2.05) is 6.08 Å². The number of halogens is 1. The van der Waals surface area contributed by atoms with Crippen LogP contribution in [0.2, 0.25) is 5.02 Å². The van der Waals surface area contributed by atoms with E-state index in [-0.39, 0.29) is 11.3 Å². The Bertz CT molecular complexity index is 588. The Labute approximate surface area is 124 Å². The van der Waals surface area contributed by atoms with Crippen molar-refractivity contribution >= 4 is 23.2 Å². The standard InChI is InChI=1S/C16H19ClN2O/c1-11-8-12(10-16(2,3)9-11)18-19-15(20)13-6-4-5-7-14(13)17/h4-8H,9-10H2,1-3H3,(H,19,20)/b18-12+. The van der Waals surface area contributed by atoms with Crippen LogP contribution in [0.15, 0.2) is 41.0 Å². The summed E-state index contributed by atoms with van der Waals surface area (Å²) in [6, 6.07) is 6.95. The molecular formula is C16H19ClN2O. The molecule has 4 heteroatoms. The first kappa shape index (κ1) is 14.8. The summed E-state index contributed by atoms with van der Waals surface area (Å²) < 4.78 is 0. The van der Waals surface area contributed by atoms with E-state index in [1.54, 1.807) is 24.3 Å². The quantitative estimate of drug-likeness (QED) is 0.815. The molecule has 0 unspecified atom stereocenters. The van der Waals surface area contributed by atoms with Gasteiger partial charge in [-0.2, -0.15) is 5.10 Å². The van der Waals surface area contributed by atoms with Crippen molar-refractivity contribution < 1.29 is 4.79 Å². The molecule has 1 amide bonds.